The van der Waals surface area contributed by atoms with Crippen molar-refractivity contribution >= 4 is 23.7 Å². The minimum Gasteiger partial charge on any atom is -0.463 e. The lowest BCUT2D eigenvalue weighted by Crippen LogP contribution is -2.42. The Labute approximate surface area is 247 Å². The van der Waals surface area contributed by atoms with Crippen LogP contribution in [0, 0.1) is 0 Å². The summed E-state index contributed by atoms with van der Waals surface area (Å²) in [5.41, 5.74) is 0.394. The van der Waals surface area contributed by atoms with E-state index in [-0.39, 0.29) is 5.82 Å². The van der Waals surface area contributed by atoms with Gasteiger partial charge < -0.3 is 18.9 Å². The molecule has 2 N–H and O–H groups in total. The summed E-state index contributed by atoms with van der Waals surface area (Å²) in [4.78, 5) is 53.1. The molecule has 2 heterocycles. The first-order chi connectivity index (χ1) is 20.8. The molecular formula is C24H28F9N3O9. The number of nitrogens with zero attached hydrogens (tertiary/aromatic N) is 2. The van der Waals surface area contributed by atoms with E-state index in [1.165, 1.54) is 0 Å². The normalized spacial score (nSPS) is 20.5. The molecule has 1 aliphatic heterocycles. The number of esters is 3. The third-order valence-electron chi connectivity index (χ3n) is 5.97. The van der Waals surface area contributed by atoms with Crippen molar-refractivity contribution < 1.29 is 78.1 Å². The number of carbonyl (C=O) groups excluding carboxylic acids is 3. The largest absolute Gasteiger partial charge is 0.463 e. The Morgan fingerprint density at radius 1 is 0.822 bits per heavy atom. The summed E-state index contributed by atoms with van der Waals surface area (Å²) in [7, 11) is 0. The summed E-state index contributed by atoms with van der Waals surface area (Å²) < 4.78 is 134. The van der Waals surface area contributed by atoms with Crippen LogP contribution in [0.2, 0.25) is 0 Å². The second-order valence-electron chi connectivity index (χ2n) is 9.68. The van der Waals surface area contributed by atoms with E-state index in [0.29, 0.717) is 4.57 Å². The monoisotopic (exact) mass is 673 g/mol. The van der Waals surface area contributed by atoms with Gasteiger partial charge in [-0.05, 0) is 25.3 Å². The van der Waals surface area contributed by atoms with Gasteiger partial charge in [0.1, 0.15) is 12.7 Å². The zero-order valence-electron chi connectivity index (χ0n) is 23.0. The number of alkyl halides is 9. The van der Waals surface area contributed by atoms with E-state index in [0.717, 1.165) is 12.3 Å². The van der Waals surface area contributed by atoms with Gasteiger partial charge in [0, 0.05) is 44.7 Å². The molecule has 1 fully saturated rings. The van der Waals surface area contributed by atoms with E-state index < -0.39 is 131 Å². The Balaban J connectivity index is 2.34. The molecule has 0 bridgehead atoms. The molecule has 1 aromatic rings. The van der Waals surface area contributed by atoms with Crippen molar-refractivity contribution in [3.8, 4) is 0 Å². The average Bonchev–Trinajstić information content (AvgIpc) is 3.21. The average molecular weight is 673 g/mol. The fourth-order valence-electron chi connectivity index (χ4n) is 3.97. The van der Waals surface area contributed by atoms with E-state index in [1.807, 2.05) is 0 Å². The Morgan fingerprint density at radius 2 is 1.29 bits per heavy atom. The van der Waals surface area contributed by atoms with Crippen LogP contribution in [0.4, 0.5) is 45.3 Å². The summed E-state index contributed by atoms with van der Waals surface area (Å²) >= 11 is 0. The molecule has 1 aromatic heterocycles. The number of hydrogen-bond donors (Lipinski definition) is 2. The number of halogens is 9. The van der Waals surface area contributed by atoms with Gasteiger partial charge >= 0.3 is 42.1 Å². The second-order valence-corrected chi connectivity index (χ2v) is 9.68. The standard InChI is InChI=1S/C24H28F9N3O9/c25-22(26,27)8-1-4-15(37)42-12-13-18(44-16(38)5-2-9-23(28,29)30)19(45-17(39)6-3-10-24(31,32)33)20(43-13)36-11-7-14(35-41)34-21(36)40/h7,11,13,18-20,41H,1-6,8-10,12H2,(H,34,35,40)/t13-,18-,19-,20-/m1/s1. The number of carbonyl (C=O) groups is 3. The molecule has 0 spiro atoms. The van der Waals surface area contributed by atoms with Crippen molar-refractivity contribution in [1.29, 1.82) is 0 Å². The zero-order valence-corrected chi connectivity index (χ0v) is 23.0. The van der Waals surface area contributed by atoms with Crippen LogP contribution < -0.4 is 11.2 Å². The maximum Gasteiger partial charge on any atom is 0.389 e. The van der Waals surface area contributed by atoms with Crippen LogP contribution in [0.25, 0.3) is 0 Å². The van der Waals surface area contributed by atoms with Gasteiger partial charge in [-0.15, -0.1) is 0 Å². The molecule has 45 heavy (non-hydrogen) atoms. The highest BCUT2D eigenvalue weighted by atomic mass is 19.4. The topological polar surface area (TPSA) is 155 Å². The molecule has 0 amide bonds. The van der Waals surface area contributed by atoms with Crippen LogP contribution >= 0.6 is 0 Å². The molecule has 0 unspecified atom stereocenters. The van der Waals surface area contributed by atoms with Gasteiger partial charge in [-0.3, -0.25) is 29.6 Å². The van der Waals surface area contributed by atoms with Crippen LogP contribution in [-0.4, -0.2) is 76.1 Å². The quantitative estimate of drug-likeness (QED) is 0.117. The molecule has 12 nitrogen and oxygen atoms in total. The lowest BCUT2D eigenvalue weighted by atomic mass is 10.1. The lowest BCUT2D eigenvalue weighted by Gasteiger charge is -2.25. The highest BCUT2D eigenvalue weighted by molar-refractivity contribution is 5.71. The van der Waals surface area contributed by atoms with Crippen molar-refractivity contribution in [1.82, 2.24) is 9.55 Å². The first kappa shape index (κ1) is 37.6. The summed E-state index contributed by atoms with van der Waals surface area (Å²) in [5, 5.41) is 8.98. The minimum absolute atomic E-state index is 0.369. The number of anilines is 1. The predicted molar refractivity (Wildman–Crippen MR) is 128 cm³/mol. The molecule has 0 saturated carbocycles. The maximum absolute atomic E-state index is 12.6. The third-order valence-corrected chi connectivity index (χ3v) is 5.97. The molecule has 256 valence electrons. The fourth-order valence-corrected chi connectivity index (χ4v) is 3.97. The SMILES string of the molecule is O=C(CCCC(F)(F)F)OC[C@H]1O[C@@H](n2ccc(NO)nc2=O)[C@H](OC(=O)CCCC(F)(F)F)[C@@H]1OC(=O)CCCC(F)(F)F. The Kier molecular flexibility index (Phi) is 13.4. The van der Waals surface area contributed by atoms with Crippen LogP contribution in [-0.2, 0) is 33.3 Å². The third kappa shape index (κ3) is 13.9. The second kappa shape index (κ2) is 16.1. The first-order valence-electron chi connectivity index (χ1n) is 13.2. The van der Waals surface area contributed by atoms with Crippen molar-refractivity contribution in [3.05, 3.63) is 22.7 Å². The van der Waals surface area contributed by atoms with Gasteiger partial charge in [0.15, 0.2) is 24.3 Å². The summed E-state index contributed by atoms with van der Waals surface area (Å²) in [5.74, 6) is -4.12. The van der Waals surface area contributed by atoms with Gasteiger partial charge in [-0.25, -0.2) is 4.79 Å². The number of rotatable bonds is 15. The molecule has 4 atom stereocenters. The van der Waals surface area contributed by atoms with Crippen LogP contribution in [0.1, 0.15) is 64.0 Å². The Morgan fingerprint density at radius 3 is 1.73 bits per heavy atom. The van der Waals surface area contributed by atoms with Crippen molar-refractivity contribution in [2.24, 2.45) is 0 Å². The van der Waals surface area contributed by atoms with Gasteiger partial charge in [-0.1, -0.05) is 0 Å². The van der Waals surface area contributed by atoms with Gasteiger partial charge in [-0.2, -0.15) is 44.5 Å². The van der Waals surface area contributed by atoms with Gasteiger partial charge in [0.05, 0.1) is 0 Å². The van der Waals surface area contributed by atoms with E-state index in [1.54, 1.807) is 5.48 Å². The van der Waals surface area contributed by atoms with Crippen molar-refractivity contribution in [3.63, 3.8) is 0 Å². The number of nitrogens with one attached hydrogen (secondary N) is 1. The summed E-state index contributed by atoms with van der Waals surface area (Å²) in [6.45, 7) is -0.886. The van der Waals surface area contributed by atoms with E-state index in [2.05, 4.69) is 4.98 Å². The highest BCUT2D eigenvalue weighted by Gasteiger charge is 2.51. The molecule has 0 aliphatic carbocycles. The predicted octanol–water partition coefficient (Wildman–Crippen LogP) is 4.51. The smallest absolute Gasteiger partial charge is 0.389 e. The molecular weight excluding hydrogens is 645 g/mol. The van der Waals surface area contributed by atoms with Crippen LogP contribution in [0.5, 0.6) is 0 Å². The maximum atomic E-state index is 12.6. The molecule has 0 radical (unpaired) electrons. The molecule has 0 aromatic carbocycles. The van der Waals surface area contributed by atoms with Crippen molar-refractivity contribution in [2.75, 3.05) is 12.1 Å². The van der Waals surface area contributed by atoms with E-state index >= 15 is 0 Å². The van der Waals surface area contributed by atoms with Crippen molar-refractivity contribution in [2.45, 2.75) is 101 Å². The van der Waals surface area contributed by atoms with Gasteiger partial charge in [0.2, 0.25) is 0 Å². The number of ether oxygens (including phenoxy) is 4. The van der Waals surface area contributed by atoms with Gasteiger partial charge in [0.25, 0.3) is 0 Å². The van der Waals surface area contributed by atoms with E-state index in [9.17, 15) is 58.7 Å². The molecule has 1 aliphatic rings. The molecule has 2 rings (SSSR count). The molecule has 1 saturated heterocycles. The lowest BCUT2D eigenvalue weighted by molar-refractivity contribution is -0.171. The number of aromatic nitrogens is 2. The Bertz CT molecular complexity index is 1210. The van der Waals surface area contributed by atoms with E-state index in [4.69, 9.17) is 24.2 Å². The highest BCUT2D eigenvalue weighted by Crippen LogP contribution is 2.35. The zero-order chi connectivity index (χ0) is 34.0. The minimum atomic E-state index is -4.62. The van der Waals surface area contributed by atoms with Crippen LogP contribution in [0.3, 0.4) is 0 Å². The first-order valence-corrected chi connectivity index (χ1v) is 13.2. The van der Waals surface area contributed by atoms with Crippen LogP contribution in [0.15, 0.2) is 17.1 Å². The number of hydrogen-bond acceptors (Lipinski definition) is 11. The summed E-state index contributed by atoms with van der Waals surface area (Å²) in [6, 6.07) is 1.01. The fraction of sp³-hybridized carbons (Fsp3) is 0.708. The molecule has 21 heteroatoms. The summed E-state index contributed by atoms with van der Waals surface area (Å²) in [6.07, 6.45) is -28.6. The Hall–Kier alpha value is -3.62.